The number of likely N-dealkylation sites (tertiary alicyclic amines) is 1. The van der Waals surface area contributed by atoms with Gasteiger partial charge in [-0.3, -0.25) is 19.3 Å². The molecule has 1 aliphatic heterocycles. The third-order valence-corrected chi connectivity index (χ3v) is 4.38. The Labute approximate surface area is 150 Å². The van der Waals surface area contributed by atoms with Crippen molar-refractivity contribution in [3.8, 4) is 11.1 Å². The largest absolute Gasteiger partial charge is 0.480 e. The van der Waals surface area contributed by atoms with Crippen molar-refractivity contribution in [3.63, 3.8) is 0 Å². The summed E-state index contributed by atoms with van der Waals surface area (Å²) in [6.45, 7) is 0. The van der Waals surface area contributed by atoms with Gasteiger partial charge in [-0.2, -0.15) is 0 Å². The van der Waals surface area contributed by atoms with Crippen LogP contribution in [0.3, 0.4) is 0 Å². The Morgan fingerprint density at radius 3 is 1.96 bits per heavy atom. The Kier molecular flexibility index (Phi) is 4.93. The third-order valence-electron chi connectivity index (χ3n) is 4.38. The lowest BCUT2D eigenvalue weighted by Crippen LogP contribution is -2.45. The molecular formula is C20H17NO5. The van der Waals surface area contributed by atoms with Gasteiger partial charge in [0.15, 0.2) is 5.78 Å². The molecule has 0 bridgehead atoms. The van der Waals surface area contributed by atoms with E-state index >= 15 is 0 Å². The lowest BCUT2D eigenvalue weighted by Gasteiger charge is -2.21. The summed E-state index contributed by atoms with van der Waals surface area (Å²) >= 11 is 0. The molecule has 0 aliphatic carbocycles. The fourth-order valence-corrected chi connectivity index (χ4v) is 3.00. The number of amides is 2. The number of carboxylic acid groups (broad SMARTS) is 1. The minimum absolute atomic E-state index is 0.0113. The molecule has 6 heteroatoms. The number of nitrogens with zero attached hydrogens (tertiary/aromatic N) is 1. The number of carbonyl (C=O) groups is 4. The topological polar surface area (TPSA) is 91.8 Å². The zero-order chi connectivity index (χ0) is 18.7. The van der Waals surface area contributed by atoms with Gasteiger partial charge in [0, 0.05) is 24.8 Å². The number of rotatable bonds is 6. The first kappa shape index (κ1) is 17.5. The molecule has 2 amide bonds. The zero-order valence-electron chi connectivity index (χ0n) is 13.9. The van der Waals surface area contributed by atoms with Crippen LogP contribution in [-0.2, 0) is 14.4 Å². The summed E-state index contributed by atoms with van der Waals surface area (Å²) in [6, 6.07) is 15.0. The number of carboxylic acids is 1. The van der Waals surface area contributed by atoms with Crippen LogP contribution in [0.25, 0.3) is 11.1 Å². The second-order valence-electron chi connectivity index (χ2n) is 6.08. The number of carbonyl (C=O) groups excluding carboxylic acids is 3. The van der Waals surface area contributed by atoms with Gasteiger partial charge in [0.2, 0.25) is 11.8 Å². The molecule has 1 atom stereocenters. The Hall–Kier alpha value is -3.28. The van der Waals surface area contributed by atoms with Gasteiger partial charge in [0.25, 0.3) is 0 Å². The number of hydrogen-bond donors (Lipinski definition) is 1. The van der Waals surface area contributed by atoms with Crippen LogP contribution in [0.5, 0.6) is 0 Å². The van der Waals surface area contributed by atoms with Crippen LogP contribution in [0.4, 0.5) is 0 Å². The molecule has 1 saturated heterocycles. The number of benzene rings is 2. The number of Topliss-reactive ketones (excluding diaryl/α,β-unsaturated/α-hetero) is 1. The van der Waals surface area contributed by atoms with E-state index < -0.39 is 36.0 Å². The quantitative estimate of drug-likeness (QED) is 0.638. The molecule has 0 spiro atoms. The van der Waals surface area contributed by atoms with Crippen molar-refractivity contribution < 1.29 is 24.3 Å². The molecule has 0 aromatic heterocycles. The summed E-state index contributed by atoms with van der Waals surface area (Å²) in [5.41, 5.74) is 2.28. The van der Waals surface area contributed by atoms with E-state index in [1.807, 2.05) is 30.3 Å². The maximum atomic E-state index is 12.5. The van der Waals surface area contributed by atoms with Gasteiger partial charge in [-0.1, -0.05) is 54.6 Å². The molecule has 1 unspecified atom stereocenters. The van der Waals surface area contributed by atoms with Crippen LogP contribution in [0.2, 0.25) is 0 Å². The monoisotopic (exact) mass is 351 g/mol. The summed E-state index contributed by atoms with van der Waals surface area (Å²) in [4.78, 5) is 48.2. The first-order valence-electron chi connectivity index (χ1n) is 8.24. The molecule has 0 radical (unpaired) electrons. The molecule has 1 aliphatic rings. The summed E-state index contributed by atoms with van der Waals surface area (Å²) < 4.78 is 0. The van der Waals surface area contributed by atoms with E-state index in [9.17, 15) is 24.3 Å². The second kappa shape index (κ2) is 7.31. The van der Waals surface area contributed by atoms with E-state index in [0.29, 0.717) is 10.5 Å². The Morgan fingerprint density at radius 1 is 0.885 bits per heavy atom. The van der Waals surface area contributed by atoms with Gasteiger partial charge in [0.1, 0.15) is 6.04 Å². The average Bonchev–Trinajstić information content (AvgIpc) is 2.98. The van der Waals surface area contributed by atoms with Gasteiger partial charge in [-0.25, -0.2) is 4.79 Å². The fraction of sp³-hybridized carbons (Fsp3) is 0.200. The summed E-state index contributed by atoms with van der Waals surface area (Å²) in [7, 11) is 0. The first-order valence-corrected chi connectivity index (χ1v) is 8.24. The van der Waals surface area contributed by atoms with Crippen molar-refractivity contribution in [2.45, 2.75) is 25.3 Å². The van der Waals surface area contributed by atoms with E-state index in [4.69, 9.17) is 0 Å². The minimum Gasteiger partial charge on any atom is -0.480 e. The number of hydrogen-bond acceptors (Lipinski definition) is 4. The smallest absolute Gasteiger partial charge is 0.327 e. The maximum Gasteiger partial charge on any atom is 0.327 e. The van der Waals surface area contributed by atoms with Crippen molar-refractivity contribution in [3.05, 3.63) is 60.2 Å². The third kappa shape index (κ3) is 3.54. The normalized spacial score (nSPS) is 15.2. The molecular weight excluding hydrogens is 334 g/mol. The molecule has 1 N–H and O–H groups in total. The average molecular weight is 351 g/mol. The van der Waals surface area contributed by atoms with Gasteiger partial charge in [-0.05, 0) is 11.1 Å². The van der Waals surface area contributed by atoms with E-state index in [-0.39, 0.29) is 12.8 Å². The van der Waals surface area contributed by atoms with Crippen LogP contribution in [0.15, 0.2) is 54.6 Å². The molecule has 6 nitrogen and oxygen atoms in total. The highest BCUT2D eigenvalue weighted by molar-refractivity contribution is 6.07. The molecule has 1 fully saturated rings. The molecule has 0 saturated carbocycles. The first-order chi connectivity index (χ1) is 12.5. The van der Waals surface area contributed by atoms with Gasteiger partial charge >= 0.3 is 5.97 Å². The second-order valence-corrected chi connectivity index (χ2v) is 6.08. The Bertz CT molecular complexity index is 842. The molecule has 2 aromatic rings. The number of aliphatic carboxylic acids is 1. The summed E-state index contributed by atoms with van der Waals surface area (Å²) in [5.74, 6) is -2.88. The van der Waals surface area contributed by atoms with Crippen molar-refractivity contribution >= 4 is 23.6 Å². The molecule has 1 heterocycles. The highest BCUT2D eigenvalue weighted by Crippen LogP contribution is 2.22. The standard InChI is InChI=1S/C20H17NO5/c22-17(12-16(20(25)26)21-18(23)10-11-19(21)24)15-8-6-14(7-9-15)13-4-2-1-3-5-13/h1-9,16H,10-12H2,(H,25,26). The van der Waals surface area contributed by atoms with Crippen LogP contribution in [0.1, 0.15) is 29.6 Å². The predicted molar refractivity (Wildman–Crippen MR) is 93.3 cm³/mol. The lowest BCUT2D eigenvalue weighted by molar-refractivity contribution is -0.154. The maximum absolute atomic E-state index is 12.5. The van der Waals surface area contributed by atoms with Crippen LogP contribution >= 0.6 is 0 Å². The molecule has 3 rings (SSSR count). The van der Waals surface area contributed by atoms with E-state index in [1.54, 1.807) is 24.3 Å². The van der Waals surface area contributed by atoms with E-state index in [0.717, 1.165) is 11.1 Å². The van der Waals surface area contributed by atoms with Crippen molar-refractivity contribution in [1.82, 2.24) is 4.90 Å². The van der Waals surface area contributed by atoms with Gasteiger partial charge < -0.3 is 5.11 Å². The van der Waals surface area contributed by atoms with Gasteiger partial charge in [-0.15, -0.1) is 0 Å². The highest BCUT2D eigenvalue weighted by Gasteiger charge is 2.39. The number of ketones is 1. The summed E-state index contributed by atoms with van der Waals surface area (Å²) in [5, 5.41) is 9.36. The van der Waals surface area contributed by atoms with Crippen molar-refractivity contribution in [1.29, 1.82) is 0 Å². The molecule has 26 heavy (non-hydrogen) atoms. The van der Waals surface area contributed by atoms with Crippen molar-refractivity contribution in [2.24, 2.45) is 0 Å². The Morgan fingerprint density at radius 2 is 1.42 bits per heavy atom. The SMILES string of the molecule is O=C(CC(C(=O)O)N1C(=O)CCC1=O)c1ccc(-c2ccccc2)cc1. The van der Waals surface area contributed by atoms with Gasteiger partial charge in [0.05, 0.1) is 0 Å². The van der Waals surface area contributed by atoms with E-state index in [2.05, 4.69) is 0 Å². The van der Waals surface area contributed by atoms with E-state index in [1.165, 1.54) is 0 Å². The van der Waals surface area contributed by atoms with Crippen LogP contribution in [0, 0.1) is 0 Å². The number of imide groups is 1. The van der Waals surface area contributed by atoms with Crippen molar-refractivity contribution in [2.75, 3.05) is 0 Å². The lowest BCUT2D eigenvalue weighted by atomic mass is 9.99. The molecule has 2 aromatic carbocycles. The fourth-order valence-electron chi connectivity index (χ4n) is 3.00. The zero-order valence-corrected chi connectivity index (χ0v) is 13.9. The highest BCUT2D eigenvalue weighted by atomic mass is 16.4. The Balaban J connectivity index is 1.77. The summed E-state index contributed by atoms with van der Waals surface area (Å²) in [6.07, 6.45) is -0.456. The van der Waals surface area contributed by atoms with Crippen LogP contribution < -0.4 is 0 Å². The minimum atomic E-state index is -1.46. The van der Waals surface area contributed by atoms with Crippen LogP contribution in [-0.4, -0.2) is 39.6 Å². The molecule has 132 valence electrons. The predicted octanol–water partition coefficient (Wildman–Crippen LogP) is 2.53.